The molecule has 0 aromatic carbocycles. The van der Waals surface area contributed by atoms with Gasteiger partial charge in [-0.05, 0) is 63.5 Å². The maximum atomic E-state index is 4.94. The fraction of sp³-hybridized carbons (Fsp3) is 0.381. The molecule has 1 fully saturated rings. The summed E-state index contributed by atoms with van der Waals surface area (Å²) in [4.78, 5) is 4.12. The molecule has 0 radical (unpaired) electrons. The van der Waals surface area contributed by atoms with Gasteiger partial charge in [-0.15, -0.1) is 0 Å². The normalized spacial score (nSPS) is 15.7. The summed E-state index contributed by atoms with van der Waals surface area (Å²) in [6, 6.07) is 6.96. The van der Waals surface area contributed by atoms with Crippen molar-refractivity contribution in [3.63, 3.8) is 0 Å². The van der Waals surface area contributed by atoms with E-state index in [0.717, 1.165) is 59.3 Å². The van der Waals surface area contributed by atoms with E-state index in [4.69, 9.17) is 5.10 Å². The van der Waals surface area contributed by atoms with Crippen LogP contribution in [-0.4, -0.2) is 43.5 Å². The van der Waals surface area contributed by atoms with Gasteiger partial charge in [0.15, 0.2) is 5.82 Å². The van der Waals surface area contributed by atoms with Gasteiger partial charge in [0.2, 0.25) is 0 Å². The first kappa shape index (κ1) is 17.2. The minimum Gasteiger partial charge on any atom is -0.365 e. The van der Waals surface area contributed by atoms with Crippen molar-refractivity contribution >= 4 is 22.2 Å². The molecule has 1 aliphatic rings. The maximum Gasteiger partial charge on any atom is 0.157 e. The number of pyridine rings is 1. The smallest absolute Gasteiger partial charge is 0.157 e. The van der Waals surface area contributed by atoms with Crippen LogP contribution < -0.4 is 10.6 Å². The molecule has 0 atom stereocenters. The van der Waals surface area contributed by atoms with E-state index in [2.05, 4.69) is 51.5 Å². The lowest BCUT2D eigenvalue weighted by molar-refractivity contribution is 0.476. The minimum absolute atomic E-state index is 0.261. The molecule has 4 aromatic heterocycles. The molecule has 1 aliphatic heterocycles. The van der Waals surface area contributed by atoms with E-state index in [9.17, 15) is 0 Å². The van der Waals surface area contributed by atoms with Crippen molar-refractivity contribution in [3.05, 3.63) is 43.0 Å². The molecule has 1 saturated heterocycles. The quantitative estimate of drug-likeness (QED) is 0.571. The zero-order valence-corrected chi connectivity index (χ0v) is 16.3. The summed E-state index contributed by atoms with van der Waals surface area (Å²) in [5.74, 6) is 0.942. The van der Waals surface area contributed by atoms with Crippen LogP contribution in [0.5, 0.6) is 0 Å². The third-order valence-electron chi connectivity index (χ3n) is 5.48. The molecule has 0 unspecified atom stereocenters. The molecule has 4 aromatic rings. The van der Waals surface area contributed by atoms with Crippen LogP contribution in [0, 0.1) is 0 Å². The number of piperidine rings is 1. The molecular weight excluding hydrogens is 350 g/mol. The molecule has 5 rings (SSSR count). The van der Waals surface area contributed by atoms with Gasteiger partial charge in [-0.25, -0.2) is 4.52 Å². The average molecular weight is 375 g/mol. The summed E-state index contributed by atoms with van der Waals surface area (Å²) >= 11 is 0. The third-order valence-corrected chi connectivity index (χ3v) is 5.48. The van der Waals surface area contributed by atoms with Crippen LogP contribution in [-0.2, 0) is 0 Å². The lowest BCUT2D eigenvalue weighted by Crippen LogP contribution is -2.35. The lowest BCUT2D eigenvalue weighted by Gasteiger charge is -2.23. The van der Waals surface area contributed by atoms with Gasteiger partial charge in [-0.1, -0.05) is 0 Å². The number of hydrogen-bond donors (Lipinski definition) is 2. The molecule has 144 valence electrons. The Morgan fingerprint density at radius 2 is 1.93 bits per heavy atom. The van der Waals surface area contributed by atoms with E-state index in [1.165, 1.54) is 0 Å². The van der Waals surface area contributed by atoms with E-state index in [-0.39, 0.29) is 6.04 Å². The fourth-order valence-corrected chi connectivity index (χ4v) is 4.01. The summed E-state index contributed by atoms with van der Waals surface area (Å²) in [6.45, 7) is 6.45. The molecule has 7 nitrogen and oxygen atoms in total. The summed E-state index contributed by atoms with van der Waals surface area (Å²) in [7, 11) is 0. The first-order chi connectivity index (χ1) is 13.7. The van der Waals surface area contributed by atoms with Gasteiger partial charge in [-0.2, -0.15) is 10.2 Å². The van der Waals surface area contributed by atoms with Crippen molar-refractivity contribution in [2.75, 3.05) is 18.4 Å². The van der Waals surface area contributed by atoms with Crippen LogP contribution in [0.4, 0.5) is 5.82 Å². The first-order valence-electron chi connectivity index (χ1n) is 9.98. The van der Waals surface area contributed by atoms with E-state index in [1.54, 1.807) is 0 Å². The van der Waals surface area contributed by atoms with Crippen LogP contribution in [0.3, 0.4) is 0 Å². The van der Waals surface area contributed by atoms with Crippen LogP contribution in [0.2, 0.25) is 0 Å². The molecule has 0 spiro atoms. The highest BCUT2D eigenvalue weighted by Crippen LogP contribution is 2.32. The SMILES string of the molecule is CC(C)n1nc(NC2CCNCC2)c2cnn3cc(-c4ccncc4)cc3c21. The molecular formula is C21H25N7. The molecule has 0 saturated carbocycles. The van der Waals surface area contributed by atoms with E-state index in [0.29, 0.717) is 6.04 Å². The summed E-state index contributed by atoms with van der Waals surface area (Å²) in [5.41, 5.74) is 4.47. The highest BCUT2D eigenvalue weighted by molar-refractivity contribution is 6.00. The fourth-order valence-electron chi connectivity index (χ4n) is 4.01. The van der Waals surface area contributed by atoms with E-state index < -0.39 is 0 Å². The van der Waals surface area contributed by atoms with Crippen molar-refractivity contribution in [1.29, 1.82) is 0 Å². The van der Waals surface area contributed by atoms with Gasteiger partial charge in [-0.3, -0.25) is 9.67 Å². The Labute approximate surface area is 163 Å². The van der Waals surface area contributed by atoms with E-state index >= 15 is 0 Å². The molecule has 0 bridgehead atoms. The number of nitrogens with one attached hydrogen (secondary N) is 2. The summed E-state index contributed by atoms with van der Waals surface area (Å²) < 4.78 is 4.07. The number of nitrogens with zero attached hydrogens (tertiary/aromatic N) is 5. The van der Waals surface area contributed by atoms with Gasteiger partial charge in [0, 0.05) is 36.2 Å². The van der Waals surface area contributed by atoms with Gasteiger partial charge in [0.25, 0.3) is 0 Å². The van der Waals surface area contributed by atoms with Gasteiger partial charge in [0.1, 0.15) is 0 Å². The molecule has 2 N–H and O–H groups in total. The van der Waals surface area contributed by atoms with Crippen LogP contribution in [0.1, 0.15) is 32.7 Å². The summed E-state index contributed by atoms with van der Waals surface area (Å²) in [6.07, 6.45) is 9.88. The Balaban J connectivity index is 1.65. The van der Waals surface area contributed by atoms with Crippen molar-refractivity contribution in [2.45, 2.75) is 38.8 Å². The van der Waals surface area contributed by atoms with Crippen molar-refractivity contribution < 1.29 is 0 Å². The Hall–Kier alpha value is -2.93. The Morgan fingerprint density at radius 1 is 1.14 bits per heavy atom. The number of aromatic nitrogens is 5. The largest absolute Gasteiger partial charge is 0.365 e. The predicted octanol–water partition coefficient (Wildman–Crippen LogP) is 3.49. The monoisotopic (exact) mass is 375 g/mol. The van der Waals surface area contributed by atoms with Crippen molar-refractivity contribution in [2.24, 2.45) is 0 Å². The lowest BCUT2D eigenvalue weighted by atomic mass is 10.1. The second kappa shape index (κ2) is 6.91. The van der Waals surface area contributed by atoms with Crippen LogP contribution in [0.15, 0.2) is 43.0 Å². The van der Waals surface area contributed by atoms with Crippen LogP contribution >= 0.6 is 0 Å². The Morgan fingerprint density at radius 3 is 2.68 bits per heavy atom. The number of hydrogen-bond acceptors (Lipinski definition) is 5. The molecule has 0 amide bonds. The molecule has 28 heavy (non-hydrogen) atoms. The van der Waals surface area contributed by atoms with Gasteiger partial charge < -0.3 is 10.6 Å². The van der Waals surface area contributed by atoms with Gasteiger partial charge in [0.05, 0.1) is 22.6 Å². The highest BCUT2D eigenvalue weighted by atomic mass is 15.3. The molecule has 5 heterocycles. The number of rotatable bonds is 4. The van der Waals surface area contributed by atoms with Gasteiger partial charge >= 0.3 is 0 Å². The highest BCUT2D eigenvalue weighted by Gasteiger charge is 2.20. The third kappa shape index (κ3) is 2.92. The number of fused-ring (bicyclic) bond motifs is 3. The van der Waals surface area contributed by atoms with Crippen molar-refractivity contribution in [1.82, 2.24) is 29.7 Å². The first-order valence-corrected chi connectivity index (χ1v) is 9.98. The minimum atomic E-state index is 0.261. The standard InChI is InChI=1S/C21H25N7/c1-14(2)28-20-18(21(26-28)25-17-5-9-23-10-6-17)12-24-27-13-16(11-19(20)27)15-3-7-22-8-4-15/h3-4,7-8,11-14,17,23H,5-6,9-10H2,1-2H3,(H,25,26). The number of anilines is 1. The van der Waals surface area contributed by atoms with Crippen LogP contribution in [0.25, 0.3) is 27.5 Å². The second-order valence-corrected chi connectivity index (χ2v) is 7.76. The molecule has 0 aliphatic carbocycles. The Kier molecular flexibility index (Phi) is 4.24. The summed E-state index contributed by atoms with van der Waals surface area (Å²) in [5, 5.41) is 17.8. The predicted molar refractivity (Wildman–Crippen MR) is 112 cm³/mol. The second-order valence-electron chi connectivity index (χ2n) is 7.76. The Bertz CT molecular complexity index is 1100. The van der Waals surface area contributed by atoms with Crippen molar-refractivity contribution in [3.8, 4) is 11.1 Å². The maximum absolute atomic E-state index is 4.94. The average Bonchev–Trinajstić information content (AvgIpc) is 3.31. The zero-order valence-electron chi connectivity index (χ0n) is 16.3. The zero-order chi connectivity index (χ0) is 19.1. The van der Waals surface area contributed by atoms with E-state index in [1.807, 2.05) is 35.2 Å². The molecule has 7 heteroatoms. The topological polar surface area (TPSA) is 72.1 Å².